The van der Waals surface area contributed by atoms with Gasteiger partial charge in [0.15, 0.2) is 0 Å². The predicted octanol–water partition coefficient (Wildman–Crippen LogP) is 12.5. The maximum absolute atomic E-state index is 3.73. The van der Waals surface area contributed by atoms with Crippen LogP contribution in [-0.2, 0) is 17.4 Å². The summed E-state index contributed by atoms with van der Waals surface area (Å²) in [5.74, 6) is 0.499. The third-order valence-electron chi connectivity index (χ3n) is 11.1. The quantitative estimate of drug-likeness (QED) is 0.157. The van der Waals surface area contributed by atoms with E-state index in [1.165, 1.54) is 60.8 Å². The number of hydrogen-bond acceptors (Lipinski definition) is 0. The average molecular weight is 755 g/mol. The Morgan fingerprint density at radius 2 is 1.21 bits per heavy atom. The molecule has 2 aliphatic rings. The Labute approximate surface area is 297 Å². The molecule has 0 heterocycles. The van der Waals surface area contributed by atoms with Gasteiger partial charge in [0.25, 0.3) is 0 Å². The van der Waals surface area contributed by atoms with Crippen molar-refractivity contribution in [1.82, 2.24) is 0 Å². The van der Waals surface area contributed by atoms with Gasteiger partial charge in [-0.05, 0) is 0 Å². The number of halogens is 2. The van der Waals surface area contributed by atoms with Gasteiger partial charge in [0.05, 0.1) is 0 Å². The Kier molecular flexibility index (Phi) is 9.73. The summed E-state index contributed by atoms with van der Waals surface area (Å²) in [6.45, 7) is 16.7. The maximum atomic E-state index is 2.78. The van der Waals surface area contributed by atoms with E-state index < -0.39 is 17.4 Å². The number of rotatable bonds is 5. The van der Waals surface area contributed by atoms with Crippen LogP contribution in [0.15, 0.2) is 102 Å². The number of hydrogen-bond donors (Lipinski definition) is 0. The fourth-order valence-electron chi connectivity index (χ4n) is 9.35. The summed E-state index contributed by atoms with van der Waals surface area (Å²) in [6.07, 6.45) is 5.19. The molecular formula is C43H48Cl2SiZr. The summed E-state index contributed by atoms with van der Waals surface area (Å²) in [4.78, 5) is 0. The van der Waals surface area contributed by atoms with Gasteiger partial charge in [-0.3, -0.25) is 0 Å². The molecule has 0 fully saturated rings. The summed E-state index contributed by atoms with van der Waals surface area (Å²) in [5.41, 5.74) is 19.0. The molecule has 0 saturated heterocycles. The molecule has 0 N–H and O–H groups in total. The van der Waals surface area contributed by atoms with Crippen molar-refractivity contribution >= 4 is 54.6 Å². The predicted molar refractivity (Wildman–Crippen MR) is 212 cm³/mol. The summed E-state index contributed by atoms with van der Waals surface area (Å²) in [6, 6.07) is 34.4. The van der Waals surface area contributed by atoms with E-state index in [9.17, 15) is 0 Å². The first-order valence-electron chi connectivity index (χ1n) is 16.7. The Bertz CT molecular complexity index is 2150. The molecule has 242 valence electrons. The van der Waals surface area contributed by atoms with Crippen LogP contribution in [-0.4, -0.2) is 6.88 Å². The van der Waals surface area contributed by atoms with Crippen molar-refractivity contribution in [2.75, 3.05) is 0 Å². The van der Waals surface area contributed by atoms with Crippen LogP contribution in [0.25, 0.3) is 45.2 Å². The summed E-state index contributed by atoms with van der Waals surface area (Å²) in [7, 11) is 0. The molecule has 5 aromatic carbocycles. The second-order valence-electron chi connectivity index (χ2n) is 15.3. The zero-order chi connectivity index (χ0) is 31.9. The van der Waals surface area contributed by atoms with Gasteiger partial charge in [-0.15, -0.1) is 24.8 Å². The molecule has 0 nitrogen and oxygen atoms in total. The van der Waals surface area contributed by atoms with Gasteiger partial charge in [-0.1, -0.05) is 0 Å². The van der Waals surface area contributed by atoms with Gasteiger partial charge >= 0.3 is 275 Å². The molecule has 7 rings (SSSR count). The third kappa shape index (κ3) is 5.62. The average Bonchev–Trinajstić information content (AvgIpc) is 3.58. The van der Waals surface area contributed by atoms with Crippen LogP contribution in [0.3, 0.4) is 0 Å². The van der Waals surface area contributed by atoms with Crippen molar-refractivity contribution in [3.8, 4) is 22.3 Å². The summed E-state index contributed by atoms with van der Waals surface area (Å²) in [5, 5.41) is 2.65. The Balaban J connectivity index is 0.00000217. The zero-order valence-corrected chi connectivity index (χ0v) is 34.6. The van der Waals surface area contributed by atoms with E-state index >= 15 is 0 Å². The molecule has 0 aliphatic heterocycles. The van der Waals surface area contributed by atoms with Gasteiger partial charge < -0.3 is 0 Å². The van der Waals surface area contributed by atoms with E-state index in [4.69, 9.17) is 0 Å². The van der Waals surface area contributed by atoms with E-state index in [0.717, 1.165) is 0 Å². The van der Waals surface area contributed by atoms with E-state index in [1.807, 2.05) is 0 Å². The van der Waals surface area contributed by atoms with E-state index in [-0.39, 0.29) is 24.8 Å². The van der Waals surface area contributed by atoms with Crippen LogP contribution in [0.1, 0.15) is 67.0 Å². The summed E-state index contributed by atoms with van der Waals surface area (Å²) < 4.78 is 6.56. The molecule has 2 unspecified atom stereocenters. The van der Waals surface area contributed by atoms with Crippen LogP contribution < -0.4 is 0 Å². The third-order valence-corrected chi connectivity index (χ3v) is 28.7. The first kappa shape index (κ1) is 35.8. The molecule has 0 radical (unpaired) electrons. The smallest absolute Gasteiger partial charge is 0.147 e. The van der Waals surface area contributed by atoms with E-state index in [0.29, 0.717) is 13.2 Å². The van der Waals surface area contributed by atoms with Crippen LogP contribution in [0.5, 0.6) is 0 Å². The first-order valence-corrected chi connectivity index (χ1v) is 30.3. The fraction of sp³-hybridized carbons (Fsp3) is 0.256. The molecule has 4 heteroatoms. The van der Waals surface area contributed by atoms with Gasteiger partial charge in [-0.2, -0.15) is 0 Å². The van der Waals surface area contributed by atoms with Gasteiger partial charge in [-0.25, -0.2) is 0 Å². The van der Waals surface area contributed by atoms with Crippen molar-refractivity contribution < 1.29 is 17.4 Å². The van der Waals surface area contributed by atoms with Gasteiger partial charge in [0, 0.05) is 0 Å². The second kappa shape index (κ2) is 12.8. The minimum atomic E-state index is -3.73. The molecule has 0 amide bonds. The van der Waals surface area contributed by atoms with Crippen LogP contribution >= 0.6 is 24.8 Å². The number of aryl methyl sites for hydroxylation is 3. The van der Waals surface area contributed by atoms with Crippen molar-refractivity contribution in [1.29, 1.82) is 0 Å². The summed E-state index contributed by atoms with van der Waals surface area (Å²) >= 11 is -3.73. The SMILES string of the molecule is CC1=Cc2c(-c3cccc4ccccc34)ccc(C)c2[CH]1[Zr]([CH3])([CH3])(=[SiH2])[CH]1C(C(C)C)=Cc2c(-c3c(C)cccc3C)cccc21.Cl.Cl. The number of fused-ring (bicyclic) bond motifs is 3. The monoisotopic (exact) mass is 752 g/mol. The molecule has 0 aromatic heterocycles. The molecule has 0 bridgehead atoms. The van der Waals surface area contributed by atoms with Crippen molar-refractivity contribution in [2.24, 2.45) is 5.92 Å². The van der Waals surface area contributed by atoms with Gasteiger partial charge in [0.2, 0.25) is 0 Å². The number of benzene rings is 5. The van der Waals surface area contributed by atoms with Crippen molar-refractivity contribution in [2.45, 2.75) is 58.1 Å². The molecule has 2 atom stereocenters. The molecular weight excluding hydrogens is 707 g/mol. The minimum absolute atomic E-state index is 0. The maximum Gasteiger partial charge on any atom is -0.147 e. The van der Waals surface area contributed by atoms with E-state index in [2.05, 4.69) is 161 Å². The fourth-order valence-corrected chi connectivity index (χ4v) is 30.0. The van der Waals surface area contributed by atoms with Crippen LogP contribution in [0.4, 0.5) is 0 Å². The molecule has 0 saturated carbocycles. The standard InChI is InChI=1S/C21H17.C20H21.2CH3.2ClH.H2Si.Zr/c1-14-12-20-15(2)10-11-19(21(20)13-14)18-9-5-7-16-6-3-4-8-17(16)18;1-13(2)17-11-16-9-6-10-18(19(16)12-17)20-14(3)7-5-8-15(20)4;;;;;;/h3-13H,1-2H3;5-13H,1-4H3;2*1H3;2*1H;1H2;. The minimum Gasteiger partial charge on any atom is -0.147 e. The molecule has 5 aromatic rings. The largest absolute Gasteiger partial charge is 0.147 e. The van der Waals surface area contributed by atoms with Crippen molar-refractivity contribution in [3.05, 3.63) is 141 Å². The Hall–Kier alpha value is -2.48. The topological polar surface area (TPSA) is 0 Å². The second-order valence-corrected chi connectivity index (χ2v) is 45.8. The Morgan fingerprint density at radius 3 is 1.91 bits per heavy atom. The Morgan fingerprint density at radius 1 is 0.596 bits per heavy atom. The molecule has 47 heavy (non-hydrogen) atoms. The van der Waals surface area contributed by atoms with E-state index in [1.54, 1.807) is 22.3 Å². The van der Waals surface area contributed by atoms with Crippen molar-refractivity contribution in [3.63, 3.8) is 0 Å². The molecule has 0 spiro atoms. The number of allylic oxidation sites excluding steroid dienone is 2. The zero-order valence-electron chi connectivity index (χ0n) is 29.1. The normalized spacial score (nSPS) is 17.1. The molecule has 2 aliphatic carbocycles. The first-order chi connectivity index (χ1) is 21.4. The van der Waals surface area contributed by atoms with Crippen LogP contribution in [0, 0.1) is 26.7 Å². The van der Waals surface area contributed by atoms with Crippen LogP contribution in [0.2, 0.25) is 9.26 Å². The van der Waals surface area contributed by atoms with Gasteiger partial charge in [0.1, 0.15) is 0 Å².